The Morgan fingerprint density at radius 1 is 1.07 bits per heavy atom. The normalized spacial score (nSPS) is 12.4. The summed E-state index contributed by atoms with van der Waals surface area (Å²) in [6, 6.07) is 11.6. The first-order valence-electron chi connectivity index (χ1n) is 9.42. The van der Waals surface area contributed by atoms with Gasteiger partial charge in [0, 0.05) is 24.7 Å². The maximum absolute atomic E-state index is 12.6. The summed E-state index contributed by atoms with van der Waals surface area (Å²) >= 11 is 0. The first-order valence-corrected chi connectivity index (χ1v) is 9.42. The van der Waals surface area contributed by atoms with E-state index in [2.05, 4.69) is 20.4 Å². The molecule has 2 rings (SSSR count). The number of methoxy groups -OCH3 is 2. The predicted octanol–water partition coefficient (Wildman–Crippen LogP) is 3.09. The van der Waals surface area contributed by atoms with Crippen molar-refractivity contribution in [2.24, 2.45) is 4.99 Å². The highest BCUT2D eigenvalue weighted by Crippen LogP contribution is 2.26. The predicted molar refractivity (Wildman–Crippen MR) is 110 cm³/mol. The van der Waals surface area contributed by atoms with Crippen LogP contribution in [0.2, 0.25) is 0 Å². The first kappa shape index (κ1) is 23.2. The van der Waals surface area contributed by atoms with E-state index in [4.69, 9.17) is 9.47 Å². The molecule has 2 aromatic rings. The van der Waals surface area contributed by atoms with Crippen LogP contribution in [0.1, 0.15) is 24.2 Å². The van der Waals surface area contributed by atoms with E-state index in [0.717, 1.165) is 0 Å². The molecule has 3 N–H and O–H groups in total. The molecule has 0 saturated carbocycles. The number of nitrogens with one attached hydrogen (secondary N) is 2. The van der Waals surface area contributed by atoms with Gasteiger partial charge in [-0.2, -0.15) is 8.78 Å². The van der Waals surface area contributed by atoms with Crippen LogP contribution in [0.4, 0.5) is 8.78 Å². The quantitative estimate of drug-likeness (QED) is 0.402. The van der Waals surface area contributed by atoms with Crippen molar-refractivity contribution in [2.75, 3.05) is 27.3 Å². The highest BCUT2D eigenvalue weighted by atomic mass is 19.3. The number of benzene rings is 2. The maximum atomic E-state index is 12.6. The summed E-state index contributed by atoms with van der Waals surface area (Å²) in [6.07, 6.45) is -0.854. The smallest absolute Gasteiger partial charge is 0.387 e. The van der Waals surface area contributed by atoms with Crippen molar-refractivity contribution < 1.29 is 28.1 Å². The molecule has 2 aromatic carbocycles. The fraction of sp³-hybridized carbons (Fsp3) is 0.381. The average Bonchev–Trinajstić information content (AvgIpc) is 2.75. The number of nitrogens with zero attached hydrogens (tertiary/aromatic N) is 1. The van der Waals surface area contributed by atoms with Gasteiger partial charge in [-0.25, -0.2) is 4.99 Å². The number of halogens is 2. The van der Waals surface area contributed by atoms with E-state index < -0.39 is 12.7 Å². The lowest BCUT2D eigenvalue weighted by Crippen LogP contribution is -2.39. The van der Waals surface area contributed by atoms with Gasteiger partial charge in [-0.3, -0.25) is 0 Å². The van der Waals surface area contributed by atoms with E-state index in [1.54, 1.807) is 36.4 Å². The Morgan fingerprint density at radius 3 is 2.33 bits per heavy atom. The van der Waals surface area contributed by atoms with Gasteiger partial charge in [0.05, 0.1) is 26.9 Å². The van der Waals surface area contributed by atoms with Crippen LogP contribution >= 0.6 is 0 Å². The highest BCUT2D eigenvalue weighted by Gasteiger charge is 2.13. The summed E-state index contributed by atoms with van der Waals surface area (Å²) in [5, 5.41) is 16.6. The number of ether oxygens (including phenoxy) is 3. The molecular weight excluding hydrogens is 396 g/mol. The summed E-state index contributed by atoms with van der Waals surface area (Å²) < 4.78 is 40.1. The van der Waals surface area contributed by atoms with Gasteiger partial charge in [0.25, 0.3) is 0 Å². The molecule has 0 aromatic heterocycles. The first-order chi connectivity index (χ1) is 14.5. The van der Waals surface area contributed by atoms with Crippen LogP contribution in [0, 0.1) is 0 Å². The third-order valence-electron chi connectivity index (χ3n) is 4.16. The van der Waals surface area contributed by atoms with E-state index in [9.17, 15) is 13.9 Å². The van der Waals surface area contributed by atoms with Crippen LogP contribution in [-0.2, 0) is 6.54 Å². The van der Waals surface area contributed by atoms with Crippen molar-refractivity contribution in [1.29, 1.82) is 0 Å². The van der Waals surface area contributed by atoms with E-state index in [1.165, 1.54) is 20.3 Å². The van der Waals surface area contributed by atoms with Gasteiger partial charge in [0.1, 0.15) is 17.2 Å². The zero-order chi connectivity index (χ0) is 21.9. The summed E-state index contributed by atoms with van der Waals surface area (Å²) in [6.45, 7) is -0.131. The minimum Gasteiger partial charge on any atom is -0.497 e. The third-order valence-corrected chi connectivity index (χ3v) is 4.16. The minimum atomic E-state index is -2.91. The van der Waals surface area contributed by atoms with Crippen LogP contribution in [-0.4, -0.2) is 45.0 Å². The molecule has 0 aliphatic carbocycles. The number of guanidine groups is 1. The molecule has 0 radical (unpaired) electrons. The fourth-order valence-corrected chi connectivity index (χ4v) is 2.68. The third kappa shape index (κ3) is 7.07. The molecule has 0 spiro atoms. The number of aliphatic hydroxyl groups is 1. The summed E-state index contributed by atoms with van der Waals surface area (Å²) in [7, 11) is 3.07. The van der Waals surface area contributed by atoms with Crippen molar-refractivity contribution in [2.45, 2.75) is 26.2 Å². The zero-order valence-electron chi connectivity index (χ0n) is 17.2. The monoisotopic (exact) mass is 423 g/mol. The molecule has 0 heterocycles. The number of para-hydroxylation sites is 1. The molecule has 0 bridgehead atoms. The largest absolute Gasteiger partial charge is 0.497 e. The van der Waals surface area contributed by atoms with Gasteiger partial charge in [0.2, 0.25) is 0 Å². The molecule has 30 heavy (non-hydrogen) atoms. The van der Waals surface area contributed by atoms with Crippen LogP contribution in [0.15, 0.2) is 47.5 Å². The number of alkyl halides is 2. The number of aliphatic hydroxyl groups excluding tert-OH is 1. The molecule has 0 aliphatic rings. The van der Waals surface area contributed by atoms with Crippen LogP contribution < -0.4 is 24.8 Å². The van der Waals surface area contributed by atoms with E-state index in [1.807, 2.05) is 6.92 Å². The van der Waals surface area contributed by atoms with Gasteiger partial charge in [-0.15, -0.1) is 0 Å². The summed E-state index contributed by atoms with van der Waals surface area (Å²) in [5.41, 5.74) is 1.14. The second-order valence-corrected chi connectivity index (χ2v) is 6.22. The Kier molecular flexibility index (Phi) is 9.14. The van der Waals surface area contributed by atoms with Crippen LogP contribution in [0.5, 0.6) is 17.2 Å². The van der Waals surface area contributed by atoms with Gasteiger partial charge in [-0.1, -0.05) is 18.2 Å². The number of rotatable bonds is 10. The average molecular weight is 423 g/mol. The molecule has 7 nitrogen and oxygen atoms in total. The Bertz CT molecular complexity index is 811. The van der Waals surface area contributed by atoms with E-state index >= 15 is 0 Å². The van der Waals surface area contributed by atoms with Crippen LogP contribution in [0.25, 0.3) is 0 Å². The lowest BCUT2D eigenvalue weighted by molar-refractivity contribution is -0.0504. The number of hydrogen-bond donors (Lipinski definition) is 3. The van der Waals surface area contributed by atoms with Gasteiger partial charge < -0.3 is 30.0 Å². The lowest BCUT2D eigenvalue weighted by atomic mass is 10.1. The highest BCUT2D eigenvalue weighted by molar-refractivity contribution is 5.79. The minimum absolute atomic E-state index is 0.0793. The standard InChI is InChI=1S/C21H27F2N3O4/c1-4-24-21(25-12-14-7-5-6-8-19(14)30-20(22)23)26-13-18(27)15-9-16(28-2)11-17(10-15)29-3/h5-11,18,20,27H,4,12-13H2,1-3H3,(H2,24,25,26). The Labute approximate surface area is 174 Å². The SMILES string of the molecule is CCNC(=NCc1ccccc1OC(F)F)NCC(O)c1cc(OC)cc(OC)c1. The van der Waals surface area contributed by atoms with Crippen molar-refractivity contribution in [1.82, 2.24) is 10.6 Å². The van der Waals surface area contributed by atoms with Crippen molar-refractivity contribution in [3.8, 4) is 17.2 Å². The Hall–Kier alpha value is -3.07. The van der Waals surface area contributed by atoms with Gasteiger partial charge in [-0.05, 0) is 30.7 Å². The summed E-state index contributed by atoms with van der Waals surface area (Å²) in [5.74, 6) is 1.65. The lowest BCUT2D eigenvalue weighted by Gasteiger charge is -2.17. The second kappa shape index (κ2) is 11.8. The van der Waals surface area contributed by atoms with E-state index in [-0.39, 0.29) is 18.8 Å². The molecule has 164 valence electrons. The zero-order valence-corrected chi connectivity index (χ0v) is 17.2. The topological polar surface area (TPSA) is 84.3 Å². The van der Waals surface area contributed by atoms with Gasteiger partial charge in [0.15, 0.2) is 5.96 Å². The number of aliphatic imine (C=N–C) groups is 1. The van der Waals surface area contributed by atoms with E-state index in [0.29, 0.717) is 35.1 Å². The van der Waals surface area contributed by atoms with Crippen LogP contribution in [0.3, 0.4) is 0 Å². The molecule has 1 unspecified atom stereocenters. The molecule has 0 fully saturated rings. The Balaban J connectivity index is 2.07. The molecule has 0 saturated heterocycles. The molecule has 9 heteroatoms. The summed E-state index contributed by atoms with van der Waals surface area (Å²) in [4.78, 5) is 4.39. The molecule has 1 atom stereocenters. The second-order valence-electron chi connectivity index (χ2n) is 6.22. The van der Waals surface area contributed by atoms with Crippen molar-refractivity contribution in [3.63, 3.8) is 0 Å². The molecular formula is C21H27F2N3O4. The van der Waals surface area contributed by atoms with Gasteiger partial charge >= 0.3 is 6.61 Å². The van der Waals surface area contributed by atoms with Crippen molar-refractivity contribution in [3.05, 3.63) is 53.6 Å². The molecule has 0 aliphatic heterocycles. The maximum Gasteiger partial charge on any atom is 0.387 e. The number of hydrogen-bond acceptors (Lipinski definition) is 5. The Morgan fingerprint density at radius 2 is 1.73 bits per heavy atom. The molecule has 0 amide bonds. The fourth-order valence-electron chi connectivity index (χ4n) is 2.68. The van der Waals surface area contributed by atoms with Crippen molar-refractivity contribution >= 4 is 5.96 Å².